The number of sulfone groups is 1. The van der Waals surface area contributed by atoms with Crippen LogP contribution in [0.15, 0.2) is 53.5 Å². The Bertz CT molecular complexity index is 1060. The van der Waals surface area contributed by atoms with E-state index < -0.39 is 9.84 Å². The summed E-state index contributed by atoms with van der Waals surface area (Å²) in [7, 11) is -1.45. The molecule has 0 unspecified atom stereocenters. The Labute approximate surface area is 181 Å². The Morgan fingerprint density at radius 3 is 2.43 bits per heavy atom. The number of methoxy groups -OCH3 is 1. The molecule has 2 heterocycles. The Hall–Kier alpha value is -2.32. The van der Waals surface area contributed by atoms with Crippen LogP contribution < -0.4 is 4.74 Å². The summed E-state index contributed by atoms with van der Waals surface area (Å²) in [6, 6.07) is 15.3. The van der Waals surface area contributed by atoms with Crippen molar-refractivity contribution in [2.24, 2.45) is 4.99 Å². The summed E-state index contributed by atoms with van der Waals surface area (Å²) in [5.41, 5.74) is 3.08. The molecule has 0 aromatic heterocycles. The third-order valence-electron chi connectivity index (χ3n) is 5.38. The molecule has 2 atom stereocenters. The molecule has 1 amide bonds. The lowest BCUT2D eigenvalue weighted by Gasteiger charge is -2.24. The number of fused-ring (bicyclic) bond motifs is 1. The van der Waals surface area contributed by atoms with E-state index in [1.807, 2.05) is 60.4 Å². The van der Waals surface area contributed by atoms with Crippen molar-refractivity contribution in [1.82, 2.24) is 4.90 Å². The number of hydrogen-bond acceptors (Lipinski definition) is 5. The molecule has 0 radical (unpaired) electrons. The molecule has 0 bridgehead atoms. The van der Waals surface area contributed by atoms with E-state index in [4.69, 9.17) is 4.74 Å². The Morgan fingerprint density at radius 1 is 1.10 bits per heavy atom. The van der Waals surface area contributed by atoms with Crippen LogP contribution in [0.3, 0.4) is 0 Å². The van der Waals surface area contributed by atoms with Gasteiger partial charge in [0.15, 0.2) is 15.0 Å². The first-order valence-corrected chi connectivity index (χ1v) is 12.5. The second-order valence-corrected chi connectivity index (χ2v) is 11.1. The van der Waals surface area contributed by atoms with E-state index in [2.05, 4.69) is 4.99 Å². The van der Waals surface area contributed by atoms with E-state index in [1.165, 1.54) is 11.8 Å². The van der Waals surface area contributed by atoms with Crippen LogP contribution in [0.4, 0.5) is 0 Å². The number of nitrogens with zero attached hydrogens (tertiary/aromatic N) is 2. The normalized spacial score (nSPS) is 23.5. The lowest BCUT2D eigenvalue weighted by atomic mass is 10.1. The molecule has 2 aromatic rings. The van der Waals surface area contributed by atoms with Crippen molar-refractivity contribution >= 4 is 32.7 Å². The molecule has 2 aromatic carbocycles. The van der Waals surface area contributed by atoms with Crippen LogP contribution in [0.2, 0.25) is 0 Å². The fourth-order valence-corrected chi connectivity index (χ4v) is 7.74. The number of aliphatic imine (C=N–C) groups is 1. The number of thioether (sulfide) groups is 1. The fourth-order valence-electron chi connectivity index (χ4n) is 3.77. The monoisotopic (exact) mass is 444 g/mol. The first kappa shape index (κ1) is 20.9. The molecule has 2 aliphatic rings. The van der Waals surface area contributed by atoms with Crippen molar-refractivity contribution in [3.05, 3.63) is 65.2 Å². The lowest BCUT2D eigenvalue weighted by molar-refractivity contribution is -0.117. The van der Waals surface area contributed by atoms with Crippen LogP contribution in [0, 0.1) is 6.92 Å². The molecule has 8 heteroatoms. The zero-order chi connectivity index (χ0) is 21.3. The van der Waals surface area contributed by atoms with Crippen LogP contribution in [0.1, 0.15) is 16.7 Å². The van der Waals surface area contributed by atoms with Gasteiger partial charge in [0.1, 0.15) is 5.75 Å². The highest BCUT2D eigenvalue weighted by atomic mass is 32.2. The molecule has 0 aliphatic carbocycles. The van der Waals surface area contributed by atoms with Crippen LogP contribution >= 0.6 is 11.8 Å². The lowest BCUT2D eigenvalue weighted by Crippen LogP contribution is -2.37. The van der Waals surface area contributed by atoms with Gasteiger partial charge >= 0.3 is 0 Å². The molecular weight excluding hydrogens is 420 g/mol. The van der Waals surface area contributed by atoms with Gasteiger partial charge in [0.05, 0.1) is 31.1 Å². The first-order chi connectivity index (χ1) is 14.3. The minimum Gasteiger partial charge on any atom is -0.497 e. The zero-order valence-corrected chi connectivity index (χ0v) is 18.6. The first-order valence-electron chi connectivity index (χ1n) is 9.77. The molecule has 2 fully saturated rings. The van der Waals surface area contributed by atoms with Gasteiger partial charge in [-0.3, -0.25) is 4.79 Å². The number of hydrogen-bond donors (Lipinski definition) is 0. The molecule has 2 aliphatic heterocycles. The Kier molecular flexibility index (Phi) is 5.88. The van der Waals surface area contributed by atoms with Gasteiger partial charge in [0.2, 0.25) is 0 Å². The predicted molar refractivity (Wildman–Crippen MR) is 120 cm³/mol. The van der Waals surface area contributed by atoms with Crippen molar-refractivity contribution in [2.45, 2.75) is 31.2 Å². The molecule has 0 saturated carbocycles. The van der Waals surface area contributed by atoms with Crippen molar-refractivity contribution in [1.29, 1.82) is 0 Å². The van der Waals surface area contributed by atoms with Gasteiger partial charge in [-0.25, -0.2) is 8.42 Å². The third-order valence-corrected chi connectivity index (χ3v) is 8.63. The summed E-state index contributed by atoms with van der Waals surface area (Å²) in [5.74, 6) is 0.778. The predicted octanol–water partition coefficient (Wildman–Crippen LogP) is 2.84. The molecule has 158 valence electrons. The minimum absolute atomic E-state index is 0.0841. The van der Waals surface area contributed by atoms with Crippen molar-refractivity contribution in [3.63, 3.8) is 0 Å². The maximum Gasteiger partial charge on any atom is 0.252 e. The van der Waals surface area contributed by atoms with Crippen LogP contribution in [0.5, 0.6) is 5.75 Å². The highest BCUT2D eigenvalue weighted by Crippen LogP contribution is 2.39. The highest BCUT2D eigenvalue weighted by Gasteiger charge is 2.48. The number of aryl methyl sites for hydroxylation is 1. The minimum atomic E-state index is -3.07. The number of ether oxygens (including phenoxy) is 1. The highest BCUT2D eigenvalue weighted by molar-refractivity contribution is 8.15. The summed E-state index contributed by atoms with van der Waals surface area (Å²) in [6.45, 7) is 2.51. The van der Waals surface area contributed by atoms with Gasteiger partial charge in [-0.05, 0) is 30.2 Å². The summed E-state index contributed by atoms with van der Waals surface area (Å²) in [4.78, 5) is 19.0. The zero-order valence-electron chi connectivity index (χ0n) is 16.9. The average Bonchev–Trinajstić information content (AvgIpc) is 3.16. The third kappa shape index (κ3) is 4.70. The molecule has 0 spiro atoms. The summed E-state index contributed by atoms with van der Waals surface area (Å²) >= 11 is 1.41. The van der Waals surface area contributed by atoms with Crippen LogP contribution in [0.25, 0.3) is 0 Å². The standard InChI is InChI=1S/C22H24N2O4S2/c1-15-3-5-16(6-4-15)11-21(25)23-22-24(12-17-7-9-18(28-2)10-8-17)19-13-30(26,27)14-20(19)29-22/h3-10,19-20H,11-14H2,1-2H3/t19-,20+/m1/s1. The summed E-state index contributed by atoms with van der Waals surface area (Å²) in [5, 5.41) is 0.534. The Balaban J connectivity index is 1.55. The summed E-state index contributed by atoms with van der Waals surface area (Å²) < 4.78 is 29.5. The second-order valence-electron chi connectivity index (χ2n) is 7.73. The number of amidine groups is 1. The molecule has 30 heavy (non-hydrogen) atoms. The van der Waals surface area contributed by atoms with Crippen molar-refractivity contribution < 1.29 is 17.9 Å². The quantitative estimate of drug-likeness (QED) is 0.706. The molecule has 2 saturated heterocycles. The molecule has 0 N–H and O–H groups in total. The summed E-state index contributed by atoms with van der Waals surface area (Å²) in [6.07, 6.45) is 0.231. The van der Waals surface area contributed by atoms with E-state index >= 15 is 0 Å². The smallest absolute Gasteiger partial charge is 0.252 e. The van der Waals surface area contributed by atoms with Gasteiger partial charge in [0.25, 0.3) is 5.91 Å². The maximum atomic E-state index is 12.6. The number of carbonyl (C=O) groups excluding carboxylic acids is 1. The van der Waals surface area contributed by atoms with Crippen molar-refractivity contribution in [3.8, 4) is 5.75 Å². The van der Waals surface area contributed by atoms with Gasteiger partial charge in [-0.1, -0.05) is 53.7 Å². The maximum absolute atomic E-state index is 12.6. The van der Waals surface area contributed by atoms with Crippen LogP contribution in [-0.4, -0.2) is 54.3 Å². The molecule has 6 nitrogen and oxygen atoms in total. The van der Waals surface area contributed by atoms with Gasteiger partial charge in [-0.2, -0.15) is 4.99 Å². The number of amides is 1. The van der Waals surface area contributed by atoms with E-state index in [1.54, 1.807) is 7.11 Å². The SMILES string of the molecule is COc1ccc(CN2C(=NC(=O)Cc3ccc(C)cc3)S[C@H]3CS(=O)(=O)C[C@H]32)cc1. The van der Waals surface area contributed by atoms with Gasteiger partial charge in [0, 0.05) is 11.8 Å². The van der Waals surface area contributed by atoms with Gasteiger partial charge in [-0.15, -0.1) is 0 Å². The van der Waals surface area contributed by atoms with E-state index in [0.29, 0.717) is 11.7 Å². The van der Waals surface area contributed by atoms with Crippen molar-refractivity contribution in [2.75, 3.05) is 18.6 Å². The molecule has 4 rings (SSSR count). The average molecular weight is 445 g/mol. The molecular formula is C22H24N2O4S2. The van der Waals surface area contributed by atoms with E-state index in [0.717, 1.165) is 22.4 Å². The Morgan fingerprint density at radius 2 is 1.77 bits per heavy atom. The van der Waals surface area contributed by atoms with E-state index in [9.17, 15) is 13.2 Å². The van der Waals surface area contributed by atoms with E-state index in [-0.39, 0.29) is 35.1 Å². The number of carbonyl (C=O) groups is 1. The number of rotatable bonds is 5. The largest absolute Gasteiger partial charge is 0.497 e. The fraction of sp³-hybridized carbons (Fsp3) is 0.364. The number of benzene rings is 2. The van der Waals surface area contributed by atoms with Crippen LogP contribution in [-0.2, 0) is 27.6 Å². The second kappa shape index (κ2) is 8.43. The van der Waals surface area contributed by atoms with Gasteiger partial charge < -0.3 is 9.64 Å². The topological polar surface area (TPSA) is 76.0 Å².